The number of carboxylic acid groups (broad SMARTS) is 1. The maximum Gasteiger partial charge on any atom is 0.337 e. The van der Waals surface area contributed by atoms with Gasteiger partial charge in [0, 0.05) is 18.8 Å². The highest BCUT2D eigenvalue weighted by Gasteiger charge is 2.24. The summed E-state index contributed by atoms with van der Waals surface area (Å²) in [6, 6.07) is 1.83. The van der Waals surface area contributed by atoms with Gasteiger partial charge < -0.3 is 15.1 Å². The van der Waals surface area contributed by atoms with Crippen LogP contribution in [0.4, 0.5) is 5.69 Å². The molecule has 0 atom stereocenters. The second-order valence-electron chi connectivity index (χ2n) is 4.91. The molecule has 104 valence electrons. The van der Waals surface area contributed by atoms with Crippen molar-refractivity contribution in [3.8, 4) is 0 Å². The first-order valence-corrected chi connectivity index (χ1v) is 6.79. The van der Waals surface area contributed by atoms with Gasteiger partial charge in [-0.15, -0.1) is 0 Å². The molecule has 19 heavy (non-hydrogen) atoms. The Bertz CT molecular complexity index is 430. The molecule has 0 aliphatic heterocycles. The quantitative estimate of drug-likeness (QED) is 0.849. The van der Waals surface area contributed by atoms with E-state index in [9.17, 15) is 15.0 Å². The molecular weight excluding hydrogens is 244 g/mol. The Balaban J connectivity index is 2.29. The van der Waals surface area contributed by atoms with Gasteiger partial charge in [-0.3, -0.25) is 4.98 Å². The number of aliphatic hydroxyl groups is 1. The van der Waals surface area contributed by atoms with Gasteiger partial charge in [0.2, 0.25) is 0 Å². The van der Waals surface area contributed by atoms with Crippen LogP contribution < -0.4 is 4.90 Å². The molecule has 0 saturated heterocycles. The number of aromatic carboxylic acids is 1. The largest absolute Gasteiger partial charge is 0.478 e. The van der Waals surface area contributed by atoms with Crippen LogP contribution >= 0.6 is 0 Å². The summed E-state index contributed by atoms with van der Waals surface area (Å²) in [5.41, 5.74) is 0.880. The van der Waals surface area contributed by atoms with Crippen molar-refractivity contribution in [2.75, 3.05) is 18.1 Å². The summed E-state index contributed by atoms with van der Waals surface area (Å²) in [4.78, 5) is 17.3. The fourth-order valence-corrected chi connectivity index (χ4v) is 2.80. The number of hydrogen-bond donors (Lipinski definition) is 2. The predicted octanol–water partition coefficient (Wildman–Crippen LogP) is 1.91. The van der Waals surface area contributed by atoms with Crippen LogP contribution in [0.25, 0.3) is 0 Å². The number of carbonyl (C=O) groups is 1. The van der Waals surface area contributed by atoms with Gasteiger partial charge in [-0.2, -0.15) is 0 Å². The van der Waals surface area contributed by atoms with E-state index in [2.05, 4.69) is 4.98 Å². The Kier molecular flexibility index (Phi) is 4.74. The van der Waals surface area contributed by atoms with Gasteiger partial charge in [-0.25, -0.2) is 4.79 Å². The average molecular weight is 264 g/mol. The van der Waals surface area contributed by atoms with E-state index in [1.165, 1.54) is 18.7 Å². The third-order valence-electron chi connectivity index (χ3n) is 3.70. The molecule has 1 fully saturated rings. The molecule has 5 heteroatoms. The molecule has 2 N–H and O–H groups in total. The Hall–Kier alpha value is -1.62. The Morgan fingerprint density at radius 3 is 2.74 bits per heavy atom. The molecular formula is C14H20N2O3. The molecule has 0 spiro atoms. The zero-order chi connectivity index (χ0) is 13.7. The summed E-state index contributed by atoms with van der Waals surface area (Å²) >= 11 is 0. The number of rotatable bonds is 5. The third kappa shape index (κ3) is 3.23. The van der Waals surface area contributed by atoms with E-state index in [-0.39, 0.29) is 12.2 Å². The summed E-state index contributed by atoms with van der Waals surface area (Å²) in [5.74, 6) is -0.948. The summed E-state index contributed by atoms with van der Waals surface area (Å²) in [5, 5.41) is 18.5. The minimum absolute atomic E-state index is 0.0183. The topological polar surface area (TPSA) is 73.7 Å². The second kappa shape index (κ2) is 6.52. The van der Waals surface area contributed by atoms with E-state index in [0.29, 0.717) is 18.3 Å². The van der Waals surface area contributed by atoms with Crippen LogP contribution in [-0.2, 0) is 0 Å². The fraction of sp³-hybridized carbons (Fsp3) is 0.571. The molecule has 5 nitrogen and oxygen atoms in total. The molecule has 0 unspecified atom stereocenters. The zero-order valence-corrected chi connectivity index (χ0v) is 11.0. The highest BCUT2D eigenvalue weighted by Crippen LogP contribution is 2.28. The van der Waals surface area contributed by atoms with Crippen LogP contribution in [0.15, 0.2) is 18.5 Å². The first kappa shape index (κ1) is 13.8. The highest BCUT2D eigenvalue weighted by atomic mass is 16.4. The SMILES string of the molecule is O=C(O)c1ccncc1N(CCO)C1CCCCC1. The van der Waals surface area contributed by atoms with Crippen LogP contribution in [0.5, 0.6) is 0 Å². The molecule has 0 bridgehead atoms. The minimum Gasteiger partial charge on any atom is -0.478 e. The number of pyridine rings is 1. The lowest BCUT2D eigenvalue weighted by Crippen LogP contribution is -2.39. The summed E-state index contributed by atoms with van der Waals surface area (Å²) < 4.78 is 0. The monoisotopic (exact) mass is 264 g/mol. The molecule has 1 heterocycles. The highest BCUT2D eigenvalue weighted by molar-refractivity contribution is 5.94. The van der Waals surface area contributed by atoms with Gasteiger partial charge in [0.05, 0.1) is 24.1 Å². The van der Waals surface area contributed by atoms with Crippen LogP contribution in [0, 0.1) is 0 Å². The molecule has 1 aliphatic carbocycles. The predicted molar refractivity (Wildman–Crippen MR) is 72.5 cm³/mol. The maximum absolute atomic E-state index is 11.3. The van der Waals surface area contributed by atoms with E-state index < -0.39 is 5.97 Å². The minimum atomic E-state index is -0.948. The van der Waals surface area contributed by atoms with Gasteiger partial charge in [-0.05, 0) is 18.9 Å². The van der Waals surface area contributed by atoms with Gasteiger partial charge in [0.15, 0.2) is 0 Å². The lowest BCUT2D eigenvalue weighted by atomic mass is 9.93. The van der Waals surface area contributed by atoms with Crippen molar-refractivity contribution in [1.29, 1.82) is 0 Å². The smallest absolute Gasteiger partial charge is 0.337 e. The number of carboxylic acids is 1. The van der Waals surface area contributed by atoms with Gasteiger partial charge in [0.25, 0.3) is 0 Å². The van der Waals surface area contributed by atoms with Crippen LogP contribution in [0.2, 0.25) is 0 Å². The van der Waals surface area contributed by atoms with Crippen LogP contribution in [0.1, 0.15) is 42.5 Å². The molecule has 1 saturated carbocycles. The van der Waals surface area contributed by atoms with Gasteiger partial charge in [-0.1, -0.05) is 19.3 Å². The van der Waals surface area contributed by atoms with E-state index >= 15 is 0 Å². The van der Waals surface area contributed by atoms with Crippen molar-refractivity contribution in [2.24, 2.45) is 0 Å². The van der Waals surface area contributed by atoms with E-state index in [0.717, 1.165) is 25.7 Å². The van der Waals surface area contributed by atoms with Crippen molar-refractivity contribution >= 4 is 11.7 Å². The molecule has 0 aromatic carbocycles. The van der Waals surface area contributed by atoms with Gasteiger partial charge in [0.1, 0.15) is 0 Å². The standard InChI is InChI=1S/C14H20N2O3/c17-9-8-16(11-4-2-1-3-5-11)13-10-15-7-6-12(13)14(18)19/h6-7,10-11,17H,1-5,8-9H2,(H,18,19). The Morgan fingerprint density at radius 2 is 2.11 bits per heavy atom. The summed E-state index contributed by atoms with van der Waals surface area (Å²) in [7, 11) is 0. The molecule has 1 aromatic rings. The molecule has 2 rings (SSSR count). The zero-order valence-electron chi connectivity index (χ0n) is 11.0. The number of anilines is 1. The van der Waals surface area contributed by atoms with E-state index in [1.54, 1.807) is 6.20 Å². The second-order valence-corrected chi connectivity index (χ2v) is 4.91. The first-order chi connectivity index (χ1) is 9.24. The summed E-state index contributed by atoms with van der Waals surface area (Å²) in [6.45, 7) is 0.473. The Morgan fingerprint density at radius 1 is 1.37 bits per heavy atom. The lowest BCUT2D eigenvalue weighted by molar-refractivity contribution is 0.0697. The molecule has 0 radical (unpaired) electrons. The van der Waals surface area contributed by atoms with E-state index in [1.807, 2.05) is 4.90 Å². The van der Waals surface area contributed by atoms with Crippen molar-refractivity contribution in [3.05, 3.63) is 24.0 Å². The number of nitrogens with zero attached hydrogens (tertiary/aromatic N) is 2. The summed E-state index contributed by atoms with van der Waals surface area (Å²) in [6.07, 6.45) is 8.74. The molecule has 0 amide bonds. The van der Waals surface area contributed by atoms with E-state index in [4.69, 9.17) is 0 Å². The van der Waals surface area contributed by atoms with Crippen molar-refractivity contribution < 1.29 is 15.0 Å². The molecule has 1 aromatic heterocycles. The maximum atomic E-state index is 11.3. The van der Waals surface area contributed by atoms with Crippen LogP contribution in [0.3, 0.4) is 0 Å². The van der Waals surface area contributed by atoms with Crippen molar-refractivity contribution in [3.63, 3.8) is 0 Å². The molecule has 1 aliphatic rings. The average Bonchev–Trinajstić information content (AvgIpc) is 2.45. The van der Waals surface area contributed by atoms with Crippen molar-refractivity contribution in [2.45, 2.75) is 38.1 Å². The van der Waals surface area contributed by atoms with Gasteiger partial charge >= 0.3 is 5.97 Å². The third-order valence-corrected chi connectivity index (χ3v) is 3.70. The van der Waals surface area contributed by atoms with Crippen molar-refractivity contribution in [1.82, 2.24) is 4.98 Å². The first-order valence-electron chi connectivity index (χ1n) is 6.79. The lowest BCUT2D eigenvalue weighted by Gasteiger charge is -2.36. The normalized spacial score (nSPS) is 16.3. The number of aromatic nitrogens is 1. The number of aliphatic hydroxyl groups excluding tert-OH is 1. The Labute approximate surface area is 112 Å². The fourth-order valence-electron chi connectivity index (χ4n) is 2.80. The number of hydrogen-bond acceptors (Lipinski definition) is 4. The van der Waals surface area contributed by atoms with Crippen LogP contribution in [-0.4, -0.2) is 40.4 Å².